The molecule has 1 atom stereocenters. The summed E-state index contributed by atoms with van der Waals surface area (Å²) in [5, 5.41) is 4.38. The SMILES string of the molecule is CN(C)C=C1CCC(C)(c2ccn(C)n2)C1=O. The minimum Gasteiger partial charge on any atom is -0.383 e. The summed E-state index contributed by atoms with van der Waals surface area (Å²) in [6.45, 7) is 1.99. The van der Waals surface area contributed by atoms with Gasteiger partial charge < -0.3 is 4.90 Å². The van der Waals surface area contributed by atoms with Gasteiger partial charge in [-0.05, 0) is 25.8 Å². The molecule has 1 aliphatic carbocycles. The number of allylic oxidation sites excluding steroid dienone is 1. The predicted octanol–water partition coefficient (Wildman–Crippen LogP) is 1.49. The molecule has 0 saturated heterocycles. The number of Topliss-reactive ketones (excluding diaryl/α,β-unsaturated/α-hetero) is 1. The topological polar surface area (TPSA) is 38.1 Å². The summed E-state index contributed by atoms with van der Waals surface area (Å²) in [6.07, 6.45) is 5.50. The lowest BCUT2D eigenvalue weighted by atomic mass is 9.84. The summed E-state index contributed by atoms with van der Waals surface area (Å²) < 4.78 is 1.75. The van der Waals surface area contributed by atoms with Crippen molar-refractivity contribution in [2.75, 3.05) is 14.1 Å². The molecule has 0 spiro atoms. The van der Waals surface area contributed by atoms with Crippen molar-refractivity contribution in [2.45, 2.75) is 25.2 Å². The van der Waals surface area contributed by atoms with E-state index in [0.29, 0.717) is 0 Å². The van der Waals surface area contributed by atoms with Crippen LogP contribution in [-0.4, -0.2) is 34.6 Å². The number of aryl methyl sites for hydroxylation is 1. The molecule has 1 aromatic heterocycles. The Morgan fingerprint density at radius 3 is 2.76 bits per heavy atom. The van der Waals surface area contributed by atoms with Crippen molar-refractivity contribution >= 4 is 5.78 Å². The zero-order valence-corrected chi connectivity index (χ0v) is 10.9. The maximum atomic E-state index is 12.4. The van der Waals surface area contributed by atoms with Crippen LogP contribution in [0.3, 0.4) is 0 Å². The van der Waals surface area contributed by atoms with Crippen molar-refractivity contribution in [3.8, 4) is 0 Å². The zero-order valence-electron chi connectivity index (χ0n) is 10.9. The van der Waals surface area contributed by atoms with Gasteiger partial charge in [-0.1, -0.05) is 0 Å². The molecule has 2 rings (SSSR count). The fraction of sp³-hybridized carbons (Fsp3) is 0.538. The first-order valence-electron chi connectivity index (χ1n) is 5.85. The van der Waals surface area contributed by atoms with Gasteiger partial charge in [-0.3, -0.25) is 9.48 Å². The Morgan fingerprint density at radius 2 is 2.24 bits per heavy atom. The van der Waals surface area contributed by atoms with E-state index in [1.165, 1.54) is 0 Å². The highest BCUT2D eigenvalue weighted by Crippen LogP contribution is 2.39. The predicted molar refractivity (Wildman–Crippen MR) is 66.6 cm³/mol. The van der Waals surface area contributed by atoms with Gasteiger partial charge in [0.15, 0.2) is 5.78 Å². The van der Waals surface area contributed by atoms with Crippen LogP contribution in [0.4, 0.5) is 0 Å². The third kappa shape index (κ3) is 1.99. The monoisotopic (exact) mass is 233 g/mol. The molecule has 0 aromatic carbocycles. The van der Waals surface area contributed by atoms with E-state index in [1.807, 2.05) is 51.4 Å². The third-order valence-corrected chi connectivity index (χ3v) is 3.38. The maximum absolute atomic E-state index is 12.4. The van der Waals surface area contributed by atoms with Crippen LogP contribution in [0, 0.1) is 0 Å². The van der Waals surface area contributed by atoms with Gasteiger partial charge >= 0.3 is 0 Å². The average Bonchev–Trinajstić information content (AvgIpc) is 2.78. The number of hydrogen-bond donors (Lipinski definition) is 0. The van der Waals surface area contributed by atoms with Gasteiger partial charge in [0.2, 0.25) is 0 Å². The Morgan fingerprint density at radius 1 is 1.53 bits per heavy atom. The molecule has 1 heterocycles. The normalized spacial score (nSPS) is 26.8. The van der Waals surface area contributed by atoms with Crippen LogP contribution in [0.1, 0.15) is 25.5 Å². The standard InChI is InChI=1S/C13H19N3O/c1-13(11-6-8-16(4)14-11)7-5-10(12(13)17)9-15(2)3/h6,8-9H,5,7H2,1-4H3. The quantitative estimate of drug-likeness (QED) is 0.726. The molecule has 1 saturated carbocycles. The molecular formula is C13H19N3O. The number of aromatic nitrogens is 2. The molecule has 1 aromatic rings. The second-order valence-corrected chi connectivity index (χ2v) is 5.15. The van der Waals surface area contributed by atoms with Crippen LogP contribution in [0.2, 0.25) is 0 Å². The molecule has 17 heavy (non-hydrogen) atoms. The summed E-state index contributed by atoms with van der Waals surface area (Å²) in [6, 6.07) is 1.94. The van der Waals surface area contributed by atoms with Crippen LogP contribution in [0.5, 0.6) is 0 Å². The first-order chi connectivity index (χ1) is 7.93. The average molecular weight is 233 g/mol. The van der Waals surface area contributed by atoms with E-state index in [4.69, 9.17) is 0 Å². The molecule has 1 fully saturated rings. The number of hydrogen-bond acceptors (Lipinski definition) is 3. The van der Waals surface area contributed by atoms with Gasteiger partial charge in [0.25, 0.3) is 0 Å². The molecule has 0 amide bonds. The lowest BCUT2D eigenvalue weighted by molar-refractivity contribution is -0.119. The summed E-state index contributed by atoms with van der Waals surface area (Å²) >= 11 is 0. The van der Waals surface area contributed by atoms with Gasteiger partial charge in [-0.25, -0.2) is 0 Å². The van der Waals surface area contributed by atoms with Crippen molar-refractivity contribution in [1.29, 1.82) is 0 Å². The molecular weight excluding hydrogens is 214 g/mol. The van der Waals surface area contributed by atoms with E-state index >= 15 is 0 Å². The molecule has 0 aliphatic heterocycles. The fourth-order valence-electron chi connectivity index (χ4n) is 2.35. The first-order valence-corrected chi connectivity index (χ1v) is 5.85. The van der Waals surface area contributed by atoms with Crippen LogP contribution >= 0.6 is 0 Å². The van der Waals surface area contributed by atoms with E-state index in [9.17, 15) is 4.79 Å². The summed E-state index contributed by atoms with van der Waals surface area (Å²) in [5.41, 5.74) is 1.35. The number of carbonyl (C=O) groups is 1. The molecule has 0 N–H and O–H groups in total. The Balaban J connectivity index is 2.33. The van der Waals surface area contributed by atoms with E-state index in [1.54, 1.807) is 4.68 Å². The summed E-state index contributed by atoms with van der Waals surface area (Å²) in [4.78, 5) is 14.4. The summed E-state index contributed by atoms with van der Waals surface area (Å²) in [7, 11) is 5.76. The molecule has 4 heteroatoms. The fourth-order valence-corrected chi connectivity index (χ4v) is 2.35. The minimum atomic E-state index is -0.441. The Kier molecular flexibility index (Phi) is 2.81. The number of nitrogens with zero attached hydrogens (tertiary/aromatic N) is 3. The van der Waals surface area contributed by atoms with Gasteiger partial charge in [0.1, 0.15) is 0 Å². The van der Waals surface area contributed by atoms with E-state index in [2.05, 4.69) is 5.10 Å². The highest BCUT2D eigenvalue weighted by atomic mass is 16.1. The van der Waals surface area contributed by atoms with Crippen molar-refractivity contribution in [2.24, 2.45) is 7.05 Å². The highest BCUT2D eigenvalue weighted by molar-refractivity contribution is 6.05. The number of ketones is 1. The van der Waals surface area contributed by atoms with Crippen molar-refractivity contribution in [3.05, 3.63) is 29.7 Å². The van der Waals surface area contributed by atoms with E-state index in [-0.39, 0.29) is 5.78 Å². The third-order valence-electron chi connectivity index (χ3n) is 3.38. The largest absolute Gasteiger partial charge is 0.383 e. The molecule has 0 bridgehead atoms. The maximum Gasteiger partial charge on any atom is 0.172 e. The van der Waals surface area contributed by atoms with Gasteiger partial charge in [-0.2, -0.15) is 5.10 Å². The summed E-state index contributed by atoms with van der Waals surface area (Å²) in [5.74, 6) is 0.213. The van der Waals surface area contributed by atoms with Gasteiger partial charge in [-0.15, -0.1) is 0 Å². The van der Waals surface area contributed by atoms with E-state index in [0.717, 1.165) is 24.1 Å². The Hall–Kier alpha value is -1.58. The van der Waals surface area contributed by atoms with Crippen molar-refractivity contribution in [3.63, 3.8) is 0 Å². The van der Waals surface area contributed by atoms with Crippen LogP contribution in [0.25, 0.3) is 0 Å². The second kappa shape index (κ2) is 4.02. The van der Waals surface area contributed by atoms with Crippen LogP contribution in [-0.2, 0) is 17.3 Å². The first kappa shape index (κ1) is 11.9. The molecule has 1 unspecified atom stereocenters. The molecule has 4 nitrogen and oxygen atoms in total. The molecule has 1 aliphatic rings. The lowest BCUT2D eigenvalue weighted by Gasteiger charge is -2.18. The molecule has 0 radical (unpaired) electrons. The van der Waals surface area contributed by atoms with Crippen LogP contribution < -0.4 is 0 Å². The number of carbonyl (C=O) groups excluding carboxylic acids is 1. The minimum absolute atomic E-state index is 0.213. The second-order valence-electron chi connectivity index (χ2n) is 5.15. The molecule has 92 valence electrons. The van der Waals surface area contributed by atoms with Crippen LogP contribution in [0.15, 0.2) is 24.0 Å². The Labute approximate surface area is 102 Å². The van der Waals surface area contributed by atoms with Crippen molar-refractivity contribution < 1.29 is 4.79 Å². The zero-order chi connectivity index (χ0) is 12.6. The number of rotatable bonds is 2. The lowest BCUT2D eigenvalue weighted by Crippen LogP contribution is -2.28. The van der Waals surface area contributed by atoms with E-state index < -0.39 is 5.41 Å². The smallest absolute Gasteiger partial charge is 0.172 e. The Bertz CT molecular complexity index is 473. The highest BCUT2D eigenvalue weighted by Gasteiger charge is 2.43. The van der Waals surface area contributed by atoms with Crippen molar-refractivity contribution in [1.82, 2.24) is 14.7 Å². The van der Waals surface area contributed by atoms with Gasteiger partial charge in [0, 0.05) is 39.1 Å². The van der Waals surface area contributed by atoms with Gasteiger partial charge in [0.05, 0.1) is 11.1 Å².